The lowest BCUT2D eigenvalue weighted by Gasteiger charge is -2.29. The summed E-state index contributed by atoms with van der Waals surface area (Å²) in [5.41, 5.74) is 11.2. The van der Waals surface area contributed by atoms with Gasteiger partial charge in [-0.2, -0.15) is 11.3 Å². The molecular formula is C15H18N2S. The molecule has 0 amide bonds. The summed E-state index contributed by atoms with van der Waals surface area (Å²) in [4.78, 5) is 2.53. The molecule has 0 unspecified atom stereocenters. The van der Waals surface area contributed by atoms with E-state index >= 15 is 0 Å². The molecule has 1 aromatic heterocycles. The highest BCUT2D eigenvalue weighted by Gasteiger charge is 2.17. The van der Waals surface area contributed by atoms with Crippen LogP contribution in [0.25, 0.3) is 0 Å². The first kappa shape index (κ1) is 11.8. The number of benzene rings is 1. The Kier molecular flexibility index (Phi) is 3.35. The molecule has 2 aromatic rings. The third-order valence-corrected chi connectivity index (χ3v) is 4.41. The zero-order chi connectivity index (χ0) is 12.4. The van der Waals surface area contributed by atoms with Crippen molar-refractivity contribution in [2.24, 2.45) is 0 Å². The van der Waals surface area contributed by atoms with Crippen LogP contribution in [0.3, 0.4) is 0 Å². The van der Waals surface area contributed by atoms with Gasteiger partial charge < -0.3 is 5.73 Å². The van der Waals surface area contributed by atoms with E-state index in [0.29, 0.717) is 0 Å². The Hall–Kier alpha value is -1.32. The van der Waals surface area contributed by atoms with Crippen LogP contribution in [0.15, 0.2) is 35.0 Å². The Morgan fingerprint density at radius 2 is 2.22 bits per heavy atom. The van der Waals surface area contributed by atoms with Crippen molar-refractivity contribution in [2.45, 2.75) is 19.4 Å². The minimum absolute atomic E-state index is 0.963. The summed E-state index contributed by atoms with van der Waals surface area (Å²) in [5.74, 6) is 0. The van der Waals surface area contributed by atoms with Crippen molar-refractivity contribution < 1.29 is 0 Å². The van der Waals surface area contributed by atoms with Gasteiger partial charge in [-0.1, -0.05) is 12.1 Å². The normalized spacial score (nSPS) is 15.6. The van der Waals surface area contributed by atoms with E-state index in [0.717, 1.165) is 38.2 Å². The Bertz CT molecular complexity index is 519. The summed E-state index contributed by atoms with van der Waals surface area (Å²) in [6, 6.07) is 8.51. The van der Waals surface area contributed by atoms with Gasteiger partial charge in [-0.05, 0) is 52.4 Å². The zero-order valence-corrected chi connectivity index (χ0v) is 11.2. The lowest BCUT2D eigenvalue weighted by molar-refractivity contribution is 0.258. The van der Waals surface area contributed by atoms with Gasteiger partial charge in [0.15, 0.2) is 0 Å². The quantitative estimate of drug-likeness (QED) is 0.858. The minimum atomic E-state index is 0.963. The van der Waals surface area contributed by atoms with E-state index in [-0.39, 0.29) is 0 Å². The van der Waals surface area contributed by atoms with Crippen molar-refractivity contribution in [1.29, 1.82) is 0 Å². The van der Waals surface area contributed by atoms with E-state index in [2.05, 4.69) is 33.9 Å². The van der Waals surface area contributed by atoms with Gasteiger partial charge in [-0.15, -0.1) is 0 Å². The number of nitrogens with two attached hydrogens (primary N) is 1. The number of nitrogens with zero attached hydrogens (tertiary/aromatic N) is 1. The first-order chi connectivity index (χ1) is 8.83. The molecule has 0 aliphatic carbocycles. The fourth-order valence-electron chi connectivity index (χ4n) is 2.61. The van der Waals surface area contributed by atoms with Crippen molar-refractivity contribution in [3.05, 3.63) is 51.7 Å². The number of nitrogen functional groups attached to an aromatic ring is 1. The number of rotatable bonds is 3. The fraction of sp³-hybridized carbons (Fsp3) is 0.333. The highest BCUT2D eigenvalue weighted by Crippen LogP contribution is 2.24. The van der Waals surface area contributed by atoms with Crippen LogP contribution in [0, 0.1) is 0 Å². The van der Waals surface area contributed by atoms with Crippen molar-refractivity contribution in [3.63, 3.8) is 0 Å². The third kappa shape index (κ3) is 2.42. The van der Waals surface area contributed by atoms with Crippen LogP contribution in [0.5, 0.6) is 0 Å². The molecule has 0 radical (unpaired) electrons. The Morgan fingerprint density at radius 1 is 1.28 bits per heavy atom. The largest absolute Gasteiger partial charge is 0.398 e. The first-order valence-electron chi connectivity index (χ1n) is 6.42. The van der Waals surface area contributed by atoms with Crippen molar-refractivity contribution in [3.8, 4) is 0 Å². The lowest BCUT2D eigenvalue weighted by Crippen LogP contribution is -2.32. The van der Waals surface area contributed by atoms with Crippen LogP contribution in [-0.4, -0.2) is 18.0 Å². The molecule has 1 aliphatic rings. The summed E-state index contributed by atoms with van der Waals surface area (Å²) in [5, 5.41) is 4.40. The van der Waals surface area contributed by atoms with Crippen LogP contribution in [0.1, 0.15) is 16.7 Å². The molecule has 1 aliphatic heterocycles. The molecule has 2 nitrogen and oxygen atoms in total. The second-order valence-corrected chi connectivity index (χ2v) is 5.67. The van der Waals surface area contributed by atoms with Gasteiger partial charge in [-0.3, -0.25) is 4.90 Å². The molecule has 2 heterocycles. The SMILES string of the molecule is Nc1cccc2c1CCN(CCc1ccsc1)C2. The van der Waals surface area contributed by atoms with E-state index < -0.39 is 0 Å². The molecule has 0 spiro atoms. The molecule has 3 heteroatoms. The van der Waals surface area contributed by atoms with Gasteiger partial charge in [0, 0.05) is 25.3 Å². The molecule has 0 atom stereocenters. The summed E-state index contributed by atoms with van der Waals surface area (Å²) in [6.07, 6.45) is 2.24. The summed E-state index contributed by atoms with van der Waals surface area (Å²) < 4.78 is 0. The maximum absolute atomic E-state index is 6.02. The predicted molar refractivity (Wildman–Crippen MR) is 77.9 cm³/mol. The lowest BCUT2D eigenvalue weighted by atomic mass is 9.98. The van der Waals surface area contributed by atoms with Crippen molar-refractivity contribution in [2.75, 3.05) is 18.8 Å². The minimum Gasteiger partial charge on any atom is -0.398 e. The summed E-state index contributed by atoms with van der Waals surface area (Å²) in [6.45, 7) is 3.32. The third-order valence-electron chi connectivity index (χ3n) is 3.68. The molecule has 18 heavy (non-hydrogen) atoms. The molecule has 2 N–H and O–H groups in total. The Balaban J connectivity index is 1.64. The van der Waals surface area contributed by atoms with Gasteiger partial charge in [0.25, 0.3) is 0 Å². The van der Waals surface area contributed by atoms with Crippen LogP contribution in [-0.2, 0) is 19.4 Å². The van der Waals surface area contributed by atoms with Gasteiger partial charge in [0.1, 0.15) is 0 Å². The van der Waals surface area contributed by atoms with E-state index in [4.69, 9.17) is 5.73 Å². The fourth-order valence-corrected chi connectivity index (χ4v) is 3.31. The molecule has 94 valence electrons. The number of anilines is 1. The first-order valence-corrected chi connectivity index (χ1v) is 7.37. The number of hydrogen-bond donors (Lipinski definition) is 1. The standard InChI is InChI=1S/C15H18N2S/c16-15-3-1-2-13-10-17(8-5-14(13)15)7-4-12-6-9-18-11-12/h1-3,6,9,11H,4-5,7-8,10,16H2. The molecule has 3 rings (SSSR count). The molecule has 0 saturated carbocycles. The number of fused-ring (bicyclic) bond motifs is 1. The average molecular weight is 258 g/mol. The van der Waals surface area contributed by atoms with Crippen LogP contribution in [0.4, 0.5) is 5.69 Å². The number of hydrogen-bond acceptors (Lipinski definition) is 3. The van der Waals surface area contributed by atoms with Crippen LogP contribution >= 0.6 is 11.3 Å². The number of thiophene rings is 1. The highest BCUT2D eigenvalue weighted by molar-refractivity contribution is 7.07. The van der Waals surface area contributed by atoms with E-state index in [9.17, 15) is 0 Å². The van der Waals surface area contributed by atoms with Crippen molar-refractivity contribution in [1.82, 2.24) is 4.90 Å². The summed E-state index contributed by atoms with van der Waals surface area (Å²) >= 11 is 1.78. The Labute approximate surface area is 112 Å². The average Bonchev–Trinajstić information content (AvgIpc) is 2.90. The van der Waals surface area contributed by atoms with Crippen molar-refractivity contribution >= 4 is 17.0 Å². The molecular weight excluding hydrogens is 240 g/mol. The summed E-state index contributed by atoms with van der Waals surface area (Å²) in [7, 11) is 0. The van der Waals surface area contributed by atoms with E-state index in [1.165, 1.54) is 16.7 Å². The maximum atomic E-state index is 6.02. The predicted octanol–water partition coefficient (Wildman–Crippen LogP) is 2.93. The van der Waals surface area contributed by atoms with E-state index in [1.807, 2.05) is 6.07 Å². The van der Waals surface area contributed by atoms with Gasteiger partial charge in [0.2, 0.25) is 0 Å². The molecule has 1 aromatic carbocycles. The van der Waals surface area contributed by atoms with Crippen LogP contribution < -0.4 is 5.73 Å². The van der Waals surface area contributed by atoms with E-state index in [1.54, 1.807) is 11.3 Å². The highest BCUT2D eigenvalue weighted by atomic mass is 32.1. The van der Waals surface area contributed by atoms with Gasteiger partial charge >= 0.3 is 0 Å². The Morgan fingerprint density at radius 3 is 3.06 bits per heavy atom. The maximum Gasteiger partial charge on any atom is 0.0350 e. The smallest absolute Gasteiger partial charge is 0.0350 e. The van der Waals surface area contributed by atoms with Gasteiger partial charge in [0.05, 0.1) is 0 Å². The molecule has 0 saturated heterocycles. The molecule has 0 bridgehead atoms. The zero-order valence-electron chi connectivity index (χ0n) is 10.4. The molecule has 0 fully saturated rings. The monoisotopic (exact) mass is 258 g/mol. The second kappa shape index (κ2) is 5.12. The topological polar surface area (TPSA) is 29.3 Å². The van der Waals surface area contributed by atoms with Crippen LogP contribution in [0.2, 0.25) is 0 Å². The van der Waals surface area contributed by atoms with Gasteiger partial charge in [-0.25, -0.2) is 0 Å². The second-order valence-electron chi connectivity index (χ2n) is 4.89.